The van der Waals surface area contributed by atoms with Crippen molar-refractivity contribution in [1.29, 1.82) is 0 Å². The van der Waals surface area contributed by atoms with Gasteiger partial charge in [0.1, 0.15) is 5.88 Å². The van der Waals surface area contributed by atoms with Crippen molar-refractivity contribution in [2.24, 2.45) is 0 Å². The lowest BCUT2D eigenvalue weighted by atomic mass is 10.1. The van der Waals surface area contributed by atoms with Crippen molar-refractivity contribution in [1.82, 2.24) is 9.80 Å². The molecule has 0 bridgehead atoms. The molecular weight excluding hydrogens is 351 g/mol. The molecule has 1 unspecified atom stereocenters. The maximum atomic E-state index is 12.0. The molecule has 0 spiro atoms. The number of halogens is 2. The van der Waals surface area contributed by atoms with Crippen molar-refractivity contribution < 1.29 is 4.79 Å². The summed E-state index contributed by atoms with van der Waals surface area (Å²) in [6.45, 7) is 3.06. The topological polar surface area (TPSA) is 23.6 Å². The van der Waals surface area contributed by atoms with E-state index in [9.17, 15) is 4.79 Å². The highest BCUT2D eigenvalue weighted by Gasteiger charge is 2.30. The molecule has 2 heterocycles. The molecule has 0 saturated carbocycles. The lowest BCUT2D eigenvalue weighted by Crippen LogP contribution is -2.50. The fourth-order valence-corrected chi connectivity index (χ4v) is 4.18. The average Bonchev–Trinajstić information content (AvgIpc) is 3.09. The van der Waals surface area contributed by atoms with Crippen molar-refractivity contribution in [3.05, 3.63) is 57.2 Å². The molecule has 6 heteroatoms. The summed E-state index contributed by atoms with van der Waals surface area (Å²) in [5.41, 5.74) is 1.19. The molecule has 1 aliphatic rings. The van der Waals surface area contributed by atoms with Gasteiger partial charge in [-0.3, -0.25) is 9.69 Å². The van der Waals surface area contributed by atoms with Crippen LogP contribution in [0.1, 0.15) is 16.5 Å². The lowest BCUT2D eigenvalue weighted by Gasteiger charge is -2.41. The second kappa shape index (κ2) is 7.67. The minimum absolute atomic E-state index is 0.00984. The summed E-state index contributed by atoms with van der Waals surface area (Å²) in [5.74, 6) is 0.0569. The number of piperazine rings is 1. The van der Waals surface area contributed by atoms with Gasteiger partial charge in [-0.25, -0.2) is 0 Å². The van der Waals surface area contributed by atoms with Gasteiger partial charge in [0.25, 0.3) is 0 Å². The molecule has 0 aliphatic carbocycles. The van der Waals surface area contributed by atoms with Crippen LogP contribution in [0.2, 0.25) is 5.02 Å². The second-order valence-electron chi connectivity index (χ2n) is 5.60. The van der Waals surface area contributed by atoms with Crippen molar-refractivity contribution in [3.63, 3.8) is 0 Å². The number of carbonyl (C=O) groups excluding carboxylic acids is 1. The van der Waals surface area contributed by atoms with E-state index >= 15 is 0 Å². The van der Waals surface area contributed by atoms with E-state index in [1.165, 1.54) is 10.4 Å². The molecule has 1 fully saturated rings. The Morgan fingerprint density at radius 2 is 2.13 bits per heavy atom. The predicted molar refractivity (Wildman–Crippen MR) is 96.2 cm³/mol. The van der Waals surface area contributed by atoms with Crippen molar-refractivity contribution in [2.75, 3.05) is 25.5 Å². The second-order valence-corrected chi connectivity index (χ2v) is 7.29. The Hall–Kier alpha value is -1.07. The summed E-state index contributed by atoms with van der Waals surface area (Å²) in [7, 11) is 0. The van der Waals surface area contributed by atoms with Crippen LogP contribution in [0.25, 0.3) is 0 Å². The summed E-state index contributed by atoms with van der Waals surface area (Å²) < 4.78 is 0. The zero-order chi connectivity index (χ0) is 16.2. The highest BCUT2D eigenvalue weighted by atomic mass is 35.5. The minimum Gasteiger partial charge on any atom is -0.338 e. The number of rotatable bonds is 4. The van der Waals surface area contributed by atoms with Crippen molar-refractivity contribution in [3.8, 4) is 0 Å². The third-order valence-electron chi connectivity index (χ3n) is 4.10. The monoisotopic (exact) mass is 368 g/mol. The standard InChI is InChI=1S/C17H18Cl2N2OS/c18-10-17(22)21-7-6-20(11-13-3-1-4-14(19)9-13)15(12-21)16-5-2-8-23-16/h1-5,8-9,15H,6-7,10-12H2. The van der Waals surface area contributed by atoms with Gasteiger partial charge in [-0.05, 0) is 29.1 Å². The molecule has 0 N–H and O–H groups in total. The van der Waals surface area contributed by atoms with E-state index < -0.39 is 0 Å². The Morgan fingerprint density at radius 3 is 2.83 bits per heavy atom. The molecule has 1 aliphatic heterocycles. The Kier molecular flexibility index (Phi) is 5.59. The number of hydrogen-bond acceptors (Lipinski definition) is 3. The summed E-state index contributed by atoms with van der Waals surface area (Å²) in [5, 5.41) is 2.83. The Morgan fingerprint density at radius 1 is 1.26 bits per heavy atom. The molecule has 3 rings (SSSR count). The van der Waals surface area contributed by atoms with Crippen LogP contribution in [-0.4, -0.2) is 41.2 Å². The van der Waals surface area contributed by atoms with Crippen LogP contribution in [0, 0.1) is 0 Å². The van der Waals surface area contributed by atoms with Gasteiger partial charge >= 0.3 is 0 Å². The van der Waals surface area contributed by atoms with Gasteiger partial charge in [-0.15, -0.1) is 22.9 Å². The van der Waals surface area contributed by atoms with Crippen LogP contribution in [-0.2, 0) is 11.3 Å². The quantitative estimate of drug-likeness (QED) is 0.760. The van der Waals surface area contributed by atoms with Gasteiger partial charge in [0, 0.05) is 36.1 Å². The minimum atomic E-state index is 0.00984. The molecule has 122 valence electrons. The van der Waals surface area contributed by atoms with E-state index in [-0.39, 0.29) is 17.8 Å². The zero-order valence-corrected chi connectivity index (χ0v) is 14.9. The van der Waals surface area contributed by atoms with Crippen LogP contribution in [0.4, 0.5) is 0 Å². The molecule has 1 aromatic carbocycles. The molecule has 1 amide bonds. The number of nitrogens with zero attached hydrogens (tertiary/aromatic N) is 2. The predicted octanol–water partition coefficient (Wildman–Crippen LogP) is 4.03. The Balaban J connectivity index is 1.79. The smallest absolute Gasteiger partial charge is 0.237 e. The number of benzene rings is 1. The first-order valence-electron chi connectivity index (χ1n) is 7.53. The fraction of sp³-hybridized carbons (Fsp3) is 0.353. The van der Waals surface area contributed by atoms with E-state index in [2.05, 4.69) is 28.5 Å². The third kappa shape index (κ3) is 4.07. The van der Waals surface area contributed by atoms with Crippen molar-refractivity contribution in [2.45, 2.75) is 12.6 Å². The maximum Gasteiger partial charge on any atom is 0.237 e. The number of thiophene rings is 1. The summed E-state index contributed by atoms with van der Waals surface area (Å²) in [4.78, 5) is 17.5. The van der Waals surface area contributed by atoms with Gasteiger partial charge in [-0.2, -0.15) is 0 Å². The highest BCUT2D eigenvalue weighted by Crippen LogP contribution is 2.30. The summed E-state index contributed by atoms with van der Waals surface area (Å²) >= 11 is 13.6. The third-order valence-corrected chi connectivity index (χ3v) is 5.54. The molecule has 23 heavy (non-hydrogen) atoms. The Labute approximate surface area is 150 Å². The van der Waals surface area contributed by atoms with Gasteiger partial charge in [0.05, 0.1) is 6.04 Å². The van der Waals surface area contributed by atoms with Gasteiger partial charge < -0.3 is 4.90 Å². The van der Waals surface area contributed by atoms with E-state index in [0.29, 0.717) is 13.1 Å². The van der Waals surface area contributed by atoms with Crippen LogP contribution in [0.15, 0.2) is 41.8 Å². The van der Waals surface area contributed by atoms with Gasteiger partial charge in [0.15, 0.2) is 0 Å². The number of alkyl halides is 1. The molecule has 2 aromatic rings. The normalized spacial score (nSPS) is 19.0. The first kappa shape index (κ1) is 16.8. The molecular formula is C17H18Cl2N2OS. The molecule has 1 aromatic heterocycles. The van der Waals surface area contributed by atoms with E-state index in [1.54, 1.807) is 11.3 Å². The number of hydrogen-bond donors (Lipinski definition) is 0. The lowest BCUT2D eigenvalue weighted by molar-refractivity contribution is -0.131. The van der Waals surface area contributed by atoms with E-state index in [0.717, 1.165) is 18.1 Å². The van der Waals surface area contributed by atoms with Crippen LogP contribution < -0.4 is 0 Å². The van der Waals surface area contributed by atoms with E-state index in [1.807, 2.05) is 23.1 Å². The van der Waals surface area contributed by atoms with Gasteiger partial charge in [-0.1, -0.05) is 29.8 Å². The van der Waals surface area contributed by atoms with Crippen LogP contribution >= 0.6 is 34.5 Å². The fourth-order valence-electron chi connectivity index (χ4n) is 2.94. The largest absolute Gasteiger partial charge is 0.338 e. The molecule has 1 atom stereocenters. The maximum absolute atomic E-state index is 12.0. The first-order valence-corrected chi connectivity index (χ1v) is 9.32. The SMILES string of the molecule is O=C(CCl)N1CCN(Cc2cccc(Cl)c2)C(c2cccs2)C1. The summed E-state index contributed by atoms with van der Waals surface area (Å²) in [6, 6.07) is 12.4. The van der Waals surface area contributed by atoms with Gasteiger partial charge in [0.2, 0.25) is 5.91 Å². The molecule has 1 saturated heterocycles. The van der Waals surface area contributed by atoms with Crippen molar-refractivity contribution >= 4 is 40.4 Å². The average molecular weight is 369 g/mol. The number of carbonyl (C=O) groups is 1. The molecule has 0 radical (unpaired) electrons. The number of amides is 1. The first-order chi connectivity index (χ1) is 11.2. The summed E-state index contributed by atoms with van der Waals surface area (Å²) in [6.07, 6.45) is 0. The van der Waals surface area contributed by atoms with E-state index in [4.69, 9.17) is 23.2 Å². The van der Waals surface area contributed by atoms with Crippen LogP contribution in [0.5, 0.6) is 0 Å². The Bertz CT molecular complexity index is 662. The zero-order valence-electron chi connectivity index (χ0n) is 12.6. The molecule has 3 nitrogen and oxygen atoms in total. The van der Waals surface area contributed by atoms with Crippen LogP contribution in [0.3, 0.4) is 0 Å². The highest BCUT2D eigenvalue weighted by molar-refractivity contribution is 7.10.